The monoisotopic (exact) mass is 382 g/mol. The number of carboxylic acid groups (broad SMARTS) is 1. The average Bonchev–Trinajstić information content (AvgIpc) is 2.52. The van der Waals surface area contributed by atoms with E-state index in [0.29, 0.717) is 6.42 Å². The number of aliphatic carboxylic acids is 1. The zero-order chi connectivity index (χ0) is 18.4. The van der Waals surface area contributed by atoms with Crippen molar-refractivity contribution < 1.29 is 19.5 Å². The molecule has 0 aromatic heterocycles. The minimum atomic E-state index is -1.10. The molecule has 0 spiro atoms. The molecule has 0 saturated heterocycles. The second kappa shape index (κ2) is 17.5. The molecule has 0 aliphatic heterocycles. The van der Waals surface area contributed by atoms with E-state index in [4.69, 9.17) is 5.11 Å². The first-order chi connectivity index (χ1) is 11.4. The van der Waals surface area contributed by atoms with E-state index in [1.807, 2.05) is 0 Å². The van der Waals surface area contributed by atoms with Crippen LogP contribution in [0.25, 0.3) is 0 Å². The first-order valence-electron chi connectivity index (χ1n) is 9.21. The Bertz CT molecular complexity index is 391. The van der Waals surface area contributed by atoms with Crippen LogP contribution in [0.2, 0.25) is 0 Å². The van der Waals surface area contributed by atoms with Gasteiger partial charge in [-0.05, 0) is 20.3 Å². The summed E-state index contributed by atoms with van der Waals surface area (Å²) in [7, 11) is 0. The number of carbonyl (C=O) groups excluding carboxylic acids is 2. The van der Waals surface area contributed by atoms with Crippen molar-refractivity contribution in [2.75, 3.05) is 0 Å². The predicted molar refractivity (Wildman–Crippen MR) is 102 cm³/mol. The van der Waals surface area contributed by atoms with E-state index in [-0.39, 0.29) is 57.3 Å². The van der Waals surface area contributed by atoms with Crippen LogP contribution in [0.4, 0.5) is 0 Å². The molecule has 2 atom stereocenters. The summed E-state index contributed by atoms with van der Waals surface area (Å²) < 4.78 is 0. The second-order valence-electron chi connectivity index (χ2n) is 6.44. The molecule has 142 valence electrons. The summed E-state index contributed by atoms with van der Waals surface area (Å²) in [6.07, 6.45) is 11.1. The Labute approximate surface area is 194 Å². The van der Waals surface area contributed by atoms with Crippen molar-refractivity contribution in [3.8, 4) is 0 Å². The second-order valence-corrected chi connectivity index (χ2v) is 6.44. The van der Waals surface area contributed by atoms with E-state index in [0.717, 1.165) is 19.3 Å². The normalized spacial score (nSPS) is 12.6. The van der Waals surface area contributed by atoms with Crippen molar-refractivity contribution in [2.24, 2.45) is 0 Å². The van der Waals surface area contributed by atoms with E-state index >= 15 is 0 Å². The molecule has 0 aromatic carbocycles. The molecule has 0 aliphatic carbocycles. The summed E-state index contributed by atoms with van der Waals surface area (Å²) in [6.45, 7) is 5.15. The summed E-state index contributed by atoms with van der Waals surface area (Å²) in [6, 6.07) is -1.69. The number of unbranched alkanes of at least 4 members (excludes halogenated alkanes) is 8. The van der Waals surface area contributed by atoms with E-state index in [1.54, 1.807) is 6.92 Å². The fourth-order valence-electron chi connectivity index (χ4n) is 2.38. The fraction of sp³-hybridized carbons (Fsp3) is 0.833. The van der Waals surface area contributed by atoms with Crippen molar-refractivity contribution in [3.05, 3.63) is 0 Å². The summed E-state index contributed by atoms with van der Waals surface area (Å²) >= 11 is 0. The van der Waals surface area contributed by atoms with Gasteiger partial charge in [0, 0.05) is 6.42 Å². The molecule has 2 amide bonds. The molecule has 6 nitrogen and oxygen atoms in total. The Hall–Kier alpha value is 0.0464. The first-order valence-corrected chi connectivity index (χ1v) is 9.21. The molecule has 3 N–H and O–H groups in total. The molecular formula is C18H35KN2O4. The van der Waals surface area contributed by atoms with Crippen molar-refractivity contribution in [1.29, 1.82) is 0 Å². The van der Waals surface area contributed by atoms with Gasteiger partial charge in [-0.2, -0.15) is 0 Å². The minimum absolute atomic E-state index is 0. The molecule has 0 bridgehead atoms. The average molecular weight is 383 g/mol. The van der Waals surface area contributed by atoms with Gasteiger partial charge in [0.25, 0.3) is 0 Å². The number of hydrogen-bond donors (Lipinski definition) is 3. The Morgan fingerprint density at radius 1 is 0.800 bits per heavy atom. The first kappa shape index (κ1) is 27.3. The molecule has 0 aromatic rings. The van der Waals surface area contributed by atoms with Gasteiger partial charge in [0.05, 0.1) is 0 Å². The van der Waals surface area contributed by atoms with Crippen molar-refractivity contribution in [3.63, 3.8) is 0 Å². The van der Waals surface area contributed by atoms with Gasteiger partial charge in [-0.15, -0.1) is 0 Å². The van der Waals surface area contributed by atoms with Gasteiger partial charge in [-0.25, -0.2) is 0 Å². The van der Waals surface area contributed by atoms with Crippen LogP contribution in [0.3, 0.4) is 0 Å². The topological polar surface area (TPSA) is 95.5 Å². The maximum absolute atomic E-state index is 11.8. The van der Waals surface area contributed by atoms with Crippen molar-refractivity contribution >= 4 is 69.2 Å². The molecule has 0 radical (unpaired) electrons. The van der Waals surface area contributed by atoms with Gasteiger partial charge in [0.2, 0.25) is 11.8 Å². The number of carboxylic acids is 1. The molecule has 0 heterocycles. The van der Waals surface area contributed by atoms with Crippen LogP contribution < -0.4 is 10.6 Å². The summed E-state index contributed by atoms with van der Waals surface area (Å²) in [5.74, 6) is -1.74. The third kappa shape index (κ3) is 16.0. The van der Waals surface area contributed by atoms with Gasteiger partial charge in [0.1, 0.15) is 12.1 Å². The van der Waals surface area contributed by atoms with Gasteiger partial charge in [0.15, 0.2) is 0 Å². The van der Waals surface area contributed by atoms with Crippen molar-refractivity contribution in [2.45, 2.75) is 97.1 Å². The number of rotatable bonds is 14. The zero-order valence-electron chi connectivity index (χ0n) is 15.4. The van der Waals surface area contributed by atoms with E-state index in [9.17, 15) is 14.4 Å². The zero-order valence-corrected chi connectivity index (χ0v) is 15.4. The number of amides is 2. The van der Waals surface area contributed by atoms with Crippen LogP contribution in [0.15, 0.2) is 0 Å². The molecule has 0 unspecified atom stereocenters. The molecule has 0 saturated carbocycles. The number of nitrogens with one attached hydrogen (secondary N) is 2. The van der Waals surface area contributed by atoms with Gasteiger partial charge in [-0.1, -0.05) is 58.3 Å². The van der Waals surface area contributed by atoms with Crippen LogP contribution in [-0.4, -0.2) is 86.4 Å². The predicted octanol–water partition coefficient (Wildman–Crippen LogP) is 2.35. The number of carbonyl (C=O) groups is 3. The van der Waals surface area contributed by atoms with E-state index in [2.05, 4.69) is 17.6 Å². The van der Waals surface area contributed by atoms with Crippen LogP contribution in [0.1, 0.15) is 85.0 Å². The van der Waals surface area contributed by atoms with Crippen LogP contribution >= 0.6 is 0 Å². The third-order valence-electron chi connectivity index (χ3n) is 4.01. The molecule has 0 aliphatic rings. The van der Waals surface area contributed by atoms with E-state index in [1.165, 1.54) is 45.4 Å². The summed E-state index contributed by atoms with van der Waals surface area (Å²) in [4.78, 5) is 34.2. The molecule has 25 heavy (non-hydrogen) atoms. The fourth-order valence-corrected chi connectivity index (χ4v) is 2.38. The van der Waals surface area contributed by atoms with Crippen LogP contribution in [-0.2, 0) is 14.4 Å². The molecule has 7 heteroatoms. The Morgan fingerprint density at radius 3 is 1.76 bits per heavy atom. The summed E-state index contributed by atoms with van der Waals surface area (Å²) in [5, 5.41) is 13.7. The Balaban J connectivity index is 0. The van der Waals surface area contributed by atoms with Crippen LogP contribution in [0.5, 0.6) is 0 Å². The summed E-state index contributed by atoms with van der Waals surface area (Å²) in [5.41, 5.74) is 0. The SMILES string of the molecule is CCCCCCCCCCCC(=O)N[C@@H](C)C(=O)N[C@@H](C)C(=O)O.[KH]. The molecular weight excluding hydrogens is 347 g/mol. The quantitative estimate of drug-likeness (QED) is 0.317. The molecule has 0 rings (SSSR count). The standard InChI is InChI=1S/C18H34N2O4.K.H/c1-4-5-6-7-8-9-10-11-12-13-16(21)19-14(2)17(22)20-15(3)18(23)24;;/h14-15H,4-13H2,1-3H3,(H,19,21)(H,20,22)(H,23,24);;/t14-,15-;;/m0../s1. The Morgan fingerprint density at radius 2 is 1.28 bits per heavy atom. The van der Waals surface area contributed by atoms with Crippen LogP contribution in [0, 0.1) is 0 Å². The molecule has 0 fully saturated rings. The third-order valence-corrected chi connectivity index (χ3v) is 4.01. The van der Waals surface area contributed by atoms with Crippen molar-refractivity contribution in [1.82, 2.24) is 10.6 Å². The maximum atomic E-state index is 11.8. The van der Waals surface area contributed by atoms with Gasteiger partial charge >= 0.3 is 57.4 Å². The number of hydrogen-bond acceptors (Lipinski definition) is 3. The van der Waals surface area contributed by atoms with Gasteiger partial charge in [-0.3, -0.25) is 14.4 Å². The Kier molecular flexibility index (Phi) is 19.0. The van der Waals surface area contributed by atoms with Gasteiger partial charge < -0.3 is 15.7 Å². The van der Waals surface area contributed by atoms with E-state index < -0.39 is 24.0 Å².